The van der Waals surface area contributed by atoms with Gasteiger partial charge in [-0.05, 0) is 54.6 Å². The molecule has 1 unspecified atom stereocenters. The molecule has 1 aromatic heterocycles. The van der Waals surface area contributed by atoms with E-state index in [-0.39, 0.29) is 34.1 Å². The highest BCUT2D eigenvalue weighted by atomic mass is 32.1. The minimum atomic E-state index is -1.01. The second-order valence-corrected chi connectivity index (χ2v) is 11.4. The van der Waals surface area contributed by atoms with Gasteiger partial charge in [-0.15, -0.1) is 0 Å². The van der Waals surface area contributed by atoms with Crippen molar-refractivity contribution in [3.05, 3.63) is 112 Å². The zero-order valence-corrected chi connectivity index (χ0v) is 24.4. The summed E-state index contributed by atoms with van der Waals surface area (Å²) in [5, 5.41) is 6.04. The summed E-state index contributed by atoms with van der Waals surface area (Å²) >= 11 is 0.876. The first-order valence-electron chi connectivity index (χ1n) is 14.2. The third kappa shape index (κ3) is 6.69. The number of carbonyl (C=O) groups is 3. The Balaban J connectivity index is 1.50. The van der Waals surface area contributed by atoms with Gasteiger partial charge in [0, 0.05) is 18.3 Å². The van der Waals surface area contributed by atoms with Gasteiger partial charge in [0.25, 0.3) is 11.8 Å². The van der Waals surface area contributed by atoms with Crippen LogP contribution in [0.15, 0.2) is 84.9 Å². The predicted molar refractivity (Wildman–Crippen MR) is 166 cm³/mol. The van der Waals surface area contributed by atoms with Gasteiger partial charge in [-0.1, -0.05) is 97.6 Å². The Bertz CT molecular complexity index is 1520. The number of aromatic nitrogens is 1. The first-order chi connectivity index (χ1) is 20.4. The van der Waals surface area contributed by atoms with E-state index in [4.69, 9.17) is 5.73 Å². The minimum Gasteiger partial charge on any atom is -0.395 e. The summed E-state index contributed by atoms with van der Waals surface area (Å²) in [4.78, 5) is 43.0. The molecule has 3 aromatic carbocycles. The molecule has 3 amide bonds. The first kappa shape index (κ1) is 29.0. The number of para-hydroxylation sites is 1. The van der Waals surface area contributed by atoms with E-state index in [1.807, 2.05) is 79.7 Å². The van der Waals surface area contributed by atoms with Gasteiger partial charge in [0.05, 0.1) is 5.69 Å². The van der Waals surface area contributed by atoms with Crippen LogP contribution < -0.4 is 21.3 Å². The lowest BCUT2D eigenvalue weighted by Crippen LogP contribution is -2.44. The van der Waals surface area contributed by atoms with Crippen LogP contribution in [-0.2, 0) is 11.3 Å². The Hall–Kier alpha value is -4.50. The van der Waals surface area contributed by atoms with Gasteiger partial charge in [-0.3, -0.25) is 19.3 Å². The summed E-state index contributed by atoms with van der Waals surface area (Å²) in [6, 6.07) is 25.2. The van der Waals surface area contributed by atoms with E-state index in [2.05, 4.69) is 15.0 Å². The lowest BCUT2D eigenvalue weighted by molar-refractivity contribution is -0.122. The molecular formula is C33H35N5O3S. The van der Waals surface area contributed by atoms with Gasteiger partial charge >= 0.3 is 0 Å². The molecule has 1 aliphatic rings. The molecule has 9 heteroatoms. The van der Waals surface area contributed by atoms with E-state index in [9.17, 15) is 14.4 Å². The Labute approximate surface area is 250 Å². The topological polar surface area (TPSA) is 117 Å². The maximum atomic E-state index is 14.4. The van der Waals surface area contributed by atoms with Crippen LogP contribution in [0.3, 0.4) is 0 Å². The summed E-state index contributed by atoms with van der Waals surface area (Å²) in [5.74, 6) is -1.23. The number of hydrogen-bond donors (Lipinski definition) is 3. The summed E-state index contributed by atoms with van der Waals surface area (Å²) in [5.41, 5.74) is 9.62. The smallest absolute Gasteiger partial charge is 0.273 e. The van der Waals surface area contributed by atoms with E-state index in [1.54, 1.807) is 12.1 Å². The zero-order valence-electron chi connectivity index (χ0n) is 23.6. The Morgan fingerprint density at radius 2 is 1.57 bits per heavy atom. The molecule has 1 heterocycles. The van der Waals surface area contributed by atoms with Crippen LogP contribution in [0.1, 0.15) is 75.0 Å². The van der Waals surface area contributed by atoms with Crippen molar-refractivity contribution in [2.75, 3.05) is 10.6 Å². The van der Waals surface area contributed by atoms with E-state index in [0.717, 1.165) is 48.3 Å². The van der Waals surface area contributed by atoms with Crippen molar-refractivity contribution in [3.63, 3.8) is 0 Å². The van der Waals surface area contributed by atoms with E-state index in [1.165, 1.54) is 11.3 Å². The summed E-state index contributed by atoms with van der Waals surface area (Å²) in [6.45, 7) is 2.26. The van der Waals surface area contributed by atoms with E-state index >= 15 is 0 Å². The van der Waals surface area contributed by atoms with E-state index in [0.29, 0.717) is 17.8 Å². The van der Waals surface area contributed by atoms with E-state index < -0.39 is 11.9 Å². The summed E-state index contributed by atoms with van der Waals surface area (Å²) < 4.78 is 4.30. The van der Waals surface area contributed by atoms with Crippen LogP contribution in [0.4, 0.5) is 11.4 Å². The Morgan fingerprint density at radius 3 is 2.24 bits per heavy atom. The number of benzene rings is 3. The number of carbonyl (C=O) groups excluding carboxylic acids is 3. The normalized spacial score (nSPS) is 14.1. The molecule has 4 N–H and O–H groups in total. The fourth-order valence-corrected chi connectivity index (χ4v) is 5.98. The molecule has 0 bridgehead atoms. The van der Waals surface area contributed by atoms with Crippen molar-refractivity contribution in [3.8, 4) is 0 Å². The SMILES string of the molecule is Cc1ccc(C(C(=O)NCc2ccccc2)N(C(=O)c2snc(C(=O)NC3CCCCC3)c2N)c2ccccc2)cc1. The van der Waals surface area contributed by atoms with Crippen LogP contribution >= 0.6 is 11.5 Å². The molecule has 0 aliphatic heterocycles. The van der Waals surface area contributed by atoms with Gasteiger partial charge in [0.1, 0.15) is 10.9 Å². The maximum Gasteiger partial charge on any atom is 0.273 e. The van der Waals surface area contributed by atoms with Gasteiger partial charge in [0.15, 0.2) is 5.69 Å². The van der Waals surface area contributed by atoms with Crippen LogP contribution in [0.25, 0.3) is 0 Å². The standard InChI is InChI=1S/C33H35N5O3S/c1-22-17-19-24(20-18-22)29(32(40)35-21-23-11-5-2-6-12-23)38(26-15-9-4-10-16-26)33(41)30-27(34)28(37-42-30)31(39)36-25-13-7-3-8-14-25/h2,4-6,9-12,15-20,25,29H,3,7-8,13-14,21,34H2,1H3,(H,35,40)(H,36,39). The largest absolute Gasteiger partial charge is 0.395 e. The Kier molecular flexibility index (Phi) is 9.28. The second kappa shape index (κ2) is 13.4. The summed E-state index contributed by atoms with van der Waals surface area (Å²) in [6.07, 6.45) is 5.14. The number of rotatable bonds is 9. The van der Waals surface area contributed by atoms with Gasteiger partial charge < -0.3 is 16.4 Å². The molecule has 1 aliphatic carbocycles. The predicted octanol–water partition coefficient (Wildman–Crippen LogP) is 5.80. The van der Waals surface area contributed by atoms with Crippen molar-refractivity contribution in [1.29, 1.82) is 0 Å². The third-order valence-electron chi connectivity index (χ3n) is 7.54. The highest BCUT2D eigenvalue weighted by molar-refractivity contribution is 7.09. The van der Waals surface area contributed by atoms with Crippen LogP contribution in [0.5, 0.6) is 0 Å². The number of nitrogens with zero attached hydrogens (tertiary/aromatic N) is 2. The molecule has 4 aromatic rings. The summed E-state index contributed by atoms with van der Waals surface area (Å²) in [7, 11) is 0. The molecule has 5 rings (SSSR count). The molecule has 0 spiro atoms. The fourth-order valence-electron chi connectivity index (χ4n) is 5.25. The van der Waals surface area contributed by atoms with Gasteiger partial charge in [-0.2, -0.15) is 4.37 Å². The molecular weight excluding hydrogens is 546 g/mol. The fraction of sp³-hybridized carbons (Fsp3) is 0.273. The average Bonchev–Trinajstić information content (AvgIpc) is 3.41. The van der Waals surface area contributed by atoms with Crippen molar-refractivity contribution in [2.45, 2.75) is 57.7 Å². The number of nitrogens with two attached hydrogens (primary N) is 1. The number of nitrogen functional groups attached to an aromatic ring is 1. The quantitative estimate of drug-likeness (QED) is 0.231. The number of nitrogens with one attached hydrogen (secondary N) is 2. The van der Waals surface area contributed by atoms with Crippen LogP contribution in [-0.4, -0.2) is 28.1 Å². The molecule has 0 saturated heterocycles. The highest BCUT2D eigenvalue weighted by Crippen LogP contribution is 2.33. The minimum absolute atomic E-state index is 0.0200. The molecule has 1 atom stereocenters. The first-order valence-corrected chi connectivity index (χ1v) is 15.0. The maximum absolute atomic E-state index is 14.4. The molecule has 8 nitrogen and oxygen atoms in total. The third-order valence-corrected chi connectivity index (χ3v) is 8.39. The van der Waals surface area contributed by atoms with Gasteiger partial charge in [-0.25, -0.2) is 0 Å². The van der Waals surface area contributed by atoms with Crippen molar-refractivity contribution in [2.24, 2.45) is 0 Å². The second-order valence-electron chi connectivity index (χ2n) is 10.6. The molecule has 0 radical (unpaired) electrons. The van der Waals surface area contributed by atoms with Crippen LogP contribution in [0.2, 0.25) is 0 Å². The van der Waals surface area contributed by atoms with Crippen molar-refractivity contribution in [1.82, 2.24) is 15.0 Å². The molecule has 1 fully saturated rings. The Morgan fingerprint density at radius 1 is 0.929 bits per heavy atom. The van der Waals surface area contributed by atoms with Crippen molar-refractivity contribution >= 4 is 40.6 Å². The monoisotopic (exact) mass is 581 g/mol. The molecule has 42 heavy (non-hydrogen) atoms. The lowest BCUT2D eigenvalue weighted by Gasteiger charge is -2.31. The molecule has 216 valence electrons. The average molecular weight is 582 g/mol. The molecule has 1 saturated carbocycles. The van der Waals surface area contributed by atoms with Crippen LogP contribution in [0, 0.1) is 6.92 Å². The van der Waals surface area contributed by atoms with Gasteiger partial charge in [0.2, 0.25) is 5.91 Å². The number of anilines is 2. The zero-order chi connectivity index (χ0) is 29.5. The van der Waals surface area contributed by atoms with Crippen molar-refractivity contribution < 1.29 is 14.4 Å². The lowest BCUT2D eigenvalue weighted by atomic mass is 9.95. The number of hydrogen-bond acceptors (Lipinski definition) is 6. The number of amides is 3. The highest BCUT2D eigenvalue weighted by Gasteiger charge is 2.36. The number of aryl methyl sites for hydroxylation is 1.